The number of likely N-dealkylation sites (N-methyl/N-ethyl adjacent to an activating group) is 1. The van der Waals surface area contributed by atoms with Crippen molar-refractivity contribution in [1.29, 1.82) is 0 Å². The molecule has 106 valence electrons. The SMILES string of the molecule is CC(C(=O)NCc1ccco1)N(C)CC1CC(N)C1. The van der Waals surface area contributed by atoms with Crippen molar-refractivity contribution < 1.29 is 9.21 Å². The number of nitrogens with two attached hydrogens (primary N) is 1. The number of carbonyl (C=O) groups excluding carboxylic acids is 1. The van der Waals surface area contributed by atoms with E-state index in [4.69, 9.17) is 10.2 Å². The number of rotatable bonds is 6. The van der Waals surface area contributed by atoms with Gasteiger partial charge in [0, 0.05) is 12.6 Å². The molecule has 19 heavy (non-hydrogen) atoms. The Kier molecular flexibility index (Phi) is 4.61. The van der Waals surface area contributed by atoms with Crippen molar-refractivity contribution in [2.75, 3.05) is 13.6 Å². The summed E-state index contributed by atoms with van der Waals surface area (Å²) in [5.74, 6) is 1.44. The second-order valence-electron chi connectivity index (χ2n) is 5.51. The van der Waals surface area contributed by atoms with Gasteiger partial charge < -0.3 is 15.5 Å². The molecular formula is C14H23N3O2. The molecule has 0 aliphatic heterocycles. The van der Waals surface area contributed by atoms with E-state index in [9.17, 15) is 4.79 Å². The first-order valence-electron chi connectivity index (χ1n) is 6.82. The molecule has 1 unspecified atom stereocenters. The van der Waals surface area contributed by atoms with Crippen molar-refractivity contribution in [2.45, 2.75) is 38.4 Å². The zero-order chi connectivity index (χ0) is 13.8. The number of nitrogens with one attached hydrogen (secondary N) is 1. The minimum atomic E-state index is -0.133. The zero-order valence-electron chi connectivity index (χ0n) is 11.6. The first kappa shape index (κ1) is 14.1. The lowest BCUT2D eigenvalue weighted by atomic mass is 9.80. The van der Waals surface area contributed by atoms with Crippen LogP contribution in [-0.4, -0.2) is 36.5 Å². The molecule has 5 nitrogen and oxygen atoms in total. The van der Waals surface area contributed by atoms with Gasteiger partial charge in [-0.15, -0.1) is 0 Å². The van der Waals surface area contributed by atoms with Crippen LogP contribution in [0.5, 0.6) is 0 Å². The van der Waals surface area contributed by atoms with E-state index in [0.717, 1.165) is 25.1 Å². The topological polar surface area (TPSA) is 71.5 Å². The van der Waals surface area contributed by atoms with Crippen molar-refractivity contribution in [1.82, 2.24) is 10.2 Å². The maximum atomic E-state index is 12.0. The molecule has 1 aliphatic rings. The monoisotopic (exact) mass is 265 g/mol. The van der Waals surface area contributed by atoms with E-state index in [2.05, 4.69) is 10.2 Å². The van der Waals surface area contributed by atoms with Crippen molar-refractivity contribution in [3.63, 3.8) is 0 Å². The van der Waals surface area contributed by atoms with Crippen LogP contribution in [0.4, 0.5) is 0 Å². The zero-order valence-corrected chi connectivity index (χ0v) is 11.6. The van der Waals surface area contributed by atoms with E-state index in [-0.39, 0.29) is 11.9 Å². The van der Waals surface area contributed by atoms with E-state index < -0.39 is 0 Å². The lowest BCUT2D eigenvalue weighted by molar-refractivity contribution is -0.126. The summed E-state index contributed by atoms with van der Waals surface area (Å²) in [6.07, 6.45) is 3.76. The molecule has 1 atom stereocenters. The van der Waals surface area contributed by atoms with Gasteiger partial charge >= 0.3 is 0 Å². The molecule has 0 radical (unpaired) electrons. The van der Waals surface area contributed by atoms with Crippen molar-refractivity contribution in [3.05, 3.63) is 24.2 Å². The first-order chi connectivity index (χ1) is 9.06. The molecule has 1 aliphatic carbocycles. The predicted molar refractivity (Wildman–Crippen MR) is 73.3 cm³/mol. The summed E-state index contributed by atoms with van der Waals surface area (Å²) in [6.45, 7) is 3.30. The third-order valence-electron chi connectivity index (χ3n) is 3.88. The number of hydrogen-bond acceptors (Lipinski definition) is 4. The Bertz CT molecular complexity index is 399. The molecule has 1 fully saturated rings. The fourth-order valence-electron chi connectivity index (χ4n) is 2.44. The molecular weight excluding hydrogens is 242 g/mol. The smallest absolute Gasteiger partial charge is 0.237 e. The highest BCUT2D eigenvalue weighted by atomic mass is 16.3. The van der Waals surface area contributed by atoms with Crippen LogP contribution in [0.1, 0.15) is 25.5 Å². The van der Waals surface area contributed by atoms with Crippen molar-refractivity contribution >= 4 is 5.91 Å². The largest absolute Gasteiger partial charge is 0.467 e. The summed E-state index contributed by atoms with van der Waals surface area (Å²) in [6, 6.07) is 3.90. The second kappa shape index (κ2) is 6.21. The first-order valence-corrected chi connectivity index (χ1v) is 6.82. The Labute approximate surface area is 114 Å². The van der Waals surface area contributed by atoms with Gasteiger partial charge in [-0.05, 0) is 44.9 Å². The Balaban J connectivity index is 1.71. The normalized spacial score (nSPS) is 24.0. The van der Waals surface area contributed by atoms with Crippen molar-refractivity contribution in [2.24, 2.45) is 11.7 Å². The van der Waals surface area contributed by atoms with Gasteiger partial charge in [-0.2, -0.15) is 0 Å². The Morgan fingerprint density at radius 1 is 1.63 bits per heavy atom. The predicted octanol–water partition coefficient (Wildman–Crippen LogP) is 0.953. The molecule has 1 saturated carbocycles. The standard InChI is InChI=1S/C14H23N3O2/c1-10(17(2)9-11-6-12(15)7-11)14(18)16-8-13-4-3-5-19-13/h3-5,10-12H,6-9,15H2,1-2H3,(H,16,18). The molecule has 0 aromatic carbocycles. The van der Waals surface area contributed by atoms with Gasteiger partial charge in [-0.3, -0.25) is 9.69 Å². The number of amides is 1. The summed E-state index contributed by atoms with van der Waals surface area (Å²) < 4.78 is 5.18. The molecule has 0 bridgehead atoms. The lowest BCUT2D eigenvalue weighted by Gasteiger charge is -2.36. The van der Waals surface area contributed by atoms with Gasteiger partial charge in [0.2, 0.25) is 5.91 Å². The molecule has 2 rings (SSSR count). The van der Waals surface area contributed by atoms with Gasteiger partial charge in [-0.1, -0.05) is 0 Å². The van der Waals surface area contributed by atoms with Gasteiger partial charge in [0.15, 0.2) is 0 Å². The van der Waals surface area contributed by atoms with Crippen molar-refractivity contribution in [3.8, 4) is 0 Å². The van der Waals surface area contributed by atoms with E-state index in [1.54, 1.807) is 6.26 Å². The minimum absolute atomic E-state index is 0.0301. The van der Waals surface area contributed by atoms with Gasteiger partial charge in [0.1, 0.15) is 5.76 Å². The summed E-state index contributed by atoms with van der Waals surface area (Å²) in [5.41, 5.74) is 5.77. The molecule has 1 aromatic rings. The third-order valence-corrected chi connectivity index (χ3v) is 3.88. The Hall–Kier alpha value is -1.33. The van der Waals surface area contributed by atoms with Crippen LogP contribution in [-0.2, 0) is 11.3 Å². The summed E-state index contributed by atoms with van der Waals surface area (Å²) in [5, 5.41) is 2.88. The van der Waals surface area contributed by atoms with Crippen LogP contribution in [0.3, 0.4) is 0 Å². The number of furan rings is 1. The quantitative estimate of drug-likeness (QED) is 0.803. The second-order valence-corrected chi connectivity index (χ2v) is 5.51. The lowest BCUT2D eigenvalue weighted by Crippen LogP contribution is -2.48. The molecule has 0 saturated heterocycles. The van der Waals surface area contributed by atoms with Crippen LogP contribution in [0.15, 0.2) is 22.8 Å². The fourth-order valence-corrected chi connectivity index (χ4v) is 2.44. The third kappa shape index (κ3) is 3.81. The highest BCUT2D eigenvalue weighted by Gasteiger charge is 2.29. The van der Waals surface area contributed by atoms with Gasteiger partial charge in [0.25, 0.3) is 0 Å². The highest BCUT2D eigenvalue weighted by Crippen LogP contribution is 2.26. The van der Waals surface area contributed by atoms with E-state index >= 15 is 0 Å². The fraction of sp³-hybridized carbons (Fsp3) is 0.643. The Morgan fingerprint density at radius 2 is 2.37 bits per heavy atom. The van der Waals surface area contributed by atoms with E-state index in [1.807, 2.05) is 26.1 Å². The van der Waals surface area contributed by atoms with Crippen LogP contribution >= 0.6 is 0 Å². The average Bonchev–Trinajstić information content (AvgIpc) is 2.86. The molecule has 1 heterocycles. The molecule has 3 N–H and O–H groups in total. The highest BCUT2D eigenvalue weighted by molar-refractivity contribution is 5.81. The van der Waals surface area contributed by atoms with Gasteiger partial charge in [-0.25, -0.2) is 0 Å². The van der Waals surface area contributed by atoms with Crippen LogP contribution < -0.4 is 11.1 Å². The minimum Gasteiger partial charge on any atom is -0.467 e. The molecule has 1 aromatic heterocycles. The summed E-state index contributed by atoms with van der Waals surface area (Å²) >= 11 is 0. The number of carbonyl (C=O) groups is 1. The molecule has 0 spiro atoms. The molecule has 1 amide bonds. The summed E-state index contributed by atoms with van der Waals surface area (Å²) in [4.78, 5) is 14.1. The van der Waals surface area contributed by atoms with Crippen LogP contribution in [0, 0.1) is 5.92 Å². The maximum absolute atomic E-state index is 12.0. The van der Waals surface area contributed by atoms with Crippen LogP contribution in [0.2, 0.25) is 0 Å². The maximum Gasteiger partial charge on any atom is 0.237 e. The Morgan fingerprint density at radius 3 is 2.95 bits per heavy atom. The van der Waals surface area contributed by atoms with E-state index in [0.29, 0.717) is 18.5 Å². The number of nitrogens with zero attached hydrogens (tertiary/aromatic N) is 1. The summed E-state index contributed by atoms with van der Waals surface area (Å²) in [7, 11) is 1.99. The molecule has 5 heteroatoms. The average molecular weight is 265 g/mol. The van der Waals surface area contributed by atoms with Gasteiger partial charge in [0.05, 0.1) is 18.8 Å². The van der Waals surface area contributed by atoms with E-state index in [1.165, 1.54) is 0 Å². The van der Waals surface area contributed by atoms with Crippen LogP contribution in [0.25, 0.3) is 0 Å². The number of hydrogen-bond donors (Lipinski definition) is 2.